The largest absolute Gasteiger partial charge is 0.507 e. The summed E-state index contributed by atoms with van der Waals surface area (Å²) in [6.45, 7) is 2.02. The molecule has 0 saturated carbocycles. The molecule has 0 unspecified atom stereocenters. The Kier molecular flexibility index (Phi) is 2.52. The number of rotatable bonds is 2. The van der Waals surface area contributed by atoms with Gasteiger partial charge in [-0.1, -0.05) is 25.1 Å². The molecular weight excluding hydrogens is 204 g/mol. The number of carbonyl (C=O) groups is 1. The third kappa shape index (κ3) is 1.60. The molecule has 2 aromatic carbocycles. The van der Waals surface area contributed by atoms with Crippen molar-refractivity contribution in [1.29, 1.82) is 0 Å². The number of carboxylic acids is 1. The number of benzene rings is 2. The van der Waals surface area contributed by atoms with E-state index in [0.29, 0.717) is 0 Å². The Balaban J connectivity index is 2.80. The molecule has 0 fully saturated rings. The molecule has 0 heterocycles. The zero-order valence-corrected chi connectivity index (χ0v) is 8.90. The molecular formula is C13H12O3. The lowest BCUT2D eigenvalue weighted by Crippen LogP contribution is -1.97. The first-order valence-electron chi connectivity index (χ1n) is 5.11. The zero-order chi connectivity index (χ0) is 11.7. The van der Waals surface area contributed by atoms with Crippen LogP contribution in [-0.4, -0.2) is 16.2 Å². The molecule has 0 aliphatic carbocycles. The van der Waals surface area contributed by atoms with Crippen LogP contribution in [0.25, 0.3) is 10.8 Å². The molecule has 0 radical (unpaired) electrons. The van der Waals surface area contributed by atoms with Gasteiger partial charge in [-0.2, -0.15) is 0 Å². The first kappa shape index (κ1) is 10.5. The van der Waals surface area contributed by atoms with Crippen LogP contribution in [0.4, 0.5) is 0 Å². The van der Waals surface area contributed by atoms with Gasteiger partial charge in [0.1, 0.15) is 11.3 Å². The van der Waals surface area contributed by atoms with E-state index in [1.807, 2.05) is 25.1 Å². The number of fused-ring (bicyclic) bond motifs is 1. The van der Waals surface area contributed by atoms with Crippen molar-refractivity contribution >= 4 is 16.7 Å². The van der Waals surface area contributed by atoms with Crippen LogP contribution < -0.4 is 0 Å². The van der Waals surface area contributed by atoms with Gasteiger partial charge in [0.05, 0.1) is 0 Å². The second-order valence-electron chi connectivity index (χ2n) is 3.67. The Morgan fingerprint density at radius 1 is 1.31 bits per heavy atom. The van der Waals surface area contributed by atoms with E-state index in [1.165, 1.54) is 12.1 Å². The fourth-order valence-electron chi connectivity index (χ4n) is 1.86. The number of carboxylic acid groups (broad SMARTS) is 1. The van der Waals surface area contributed by atoms with Crippen molar-refractivity contribution in [3.8, 4) is 5.75 Å². The first-order valence-corrected chi connectivity index (χ1v) is 5.11. The van der Waals surface area contributed by atoms with E-state index < -0.39 is 5.97 Å². The van der Waals surface area contributed by atoms with E-state index >= 15 is 0 Å². The Morgan fingerprint density at radius 3 is 2.69 bits per heavy atom. The van der Waals surface area contributed by atoms with Gasteiger partial charge in [-0.15, -0.1) is 0 Å². The van der Waals surface area contributed by atoms with Crippen molar-refractivity contribution in [2.75, 3.05) is 0 Å². The summed E-state index contributed by atoms with van der Waals surface area (Å²) in [5, 5.41) is 20.2. The molecule has 0 saturated heterocycles. The summed E-state index contributed by atoms with van der Waals surface area (Å²) in [5.41, 5.74) is 1.04. The highest BCUT2D eigenvalue weighted by molar-refractivity contribution is 5.98. The molecule has 3 heteroatoms. The van der Waals surface area contributed by atoms with E-state index in [2.05, 4.69) is 0 Å². The smallest absolute Gasteiger partial charge is 0.339 e. The first-order chi connectivity index (χ1) is 7.63. The lowest BCUT2D eigenvalue weighted by atomic mass is 10.00. The van der Waals surface area contributed by atoms with E-state index in [4.69, 9.17) is 5.11 Å². The van der Waals surface area contributed by atoms with E-state index in [9.17, 15) is 9.90 Å². The summed E-state index contributed by atoms with van der Waals surface area (Å²) in [6.07, 6.45) is 0.834. The van der Waals surface area contributed by atoms with Crippen molar-refractivity contribution in [2.24, 2.45) is 0 Å². The van der Waals surface area contributed by atoms with Crippen molar-refractivity contribution in [1.82, 2.24) is 0 Å². The Labute approximate surface area is 93.0 Å². The van der Waals surface area contributed by atoms with Gasteiger partial charge >= 0.3 is 5.97 Å². The second kappa shape index (κ2) is 3.85. The fraction of sp³-hybridized carbons (Fsp3) is 0.154. The zero-order valence-electron chi connectivity index (χ0n) is 8.90. The molecule has 2 aromatic rings. The predicted octanol–water partition coefficient (Wildman–Crippen LogP) is 2.81. The Morgan fingerprint density at radius 2 is 2.06 bits per heavy atom. The molecule has 2 rings (SSSR count). The SMILES string of the molecule is CCc1cccc2cc(O)c(C(=O)O)cc12. The van der Waals surface area contributed by atoms with E-state index in [1.54, 1.807) is 0 Å². The summed E-state index contributed by atoms with van der Waals surface area (Å²) >= 11 is 0. The van der Waals surface area contributed by atoms with Crippen LogP contribution in [-0.2, 0) is 6.42 Å². The van der Waals surface area contributed by atoms with Crippen LogP contribution in [0, 0.1) is 0 Å². The van der Waals surface area contributed by atoms with Crippen LogP contribution in [0.5, 0.6) is 5.75 Å². The predicted molar refractivity (Wildman–Crippen MR) is 62.0 cm³/mol. The molecule has 0 atom stereocenters. The van der Waals surface area contributed by atoms with Crippen LogP contribution in [0.15, 0.2) is 30.3 Å². The van der Waals surface area contributed by atoms with Crippen LogP contribution in [0.1, 0.15) is 22.8 Å². The molecule has 82 valence electrons. The molecule has 0 amide bonds. The average molecular weight is 216 g/mol. The van der Waals surface area contributed by atoms with Crippen LogP contribution in [0.2, 0.25) is 0 Å². The van der Waals surface area contributed by atoms with Crippen molar-refractivity contribution in [3.63, 3.8) is 0 Å². The number of phenols is 1. The van der Waals surface area contributed by atoms with Gasteiger partial charge in [0.25, 0.3) is 0 Å². The minimum atomic E-state index is -1.11. The van der Waals surface area contributed by atoms with E-state index in [-0.39, 0.29) is 11.3 Å². The van der Waals surface area contributed by atoms with Crippen molar-refractivity contribution < 1.29 is 15.0 Å². The van der Waals surface area contributed by atoms with Gasteiger partial charge < -0.3 is 10.2 Å². The number of aryl methyl sites for hydroxylation is 1. The van der Waals surface area contributed by atoms with Gasteiger partial charge in [-0.05, 0) is 34.9 Å². The quantitative estimate of drug-likeness (QED) is 0.811. The summed E-state index contributed by atoms with van der Waals surface area (Å²) in [5.74, 6) is -1.29. The highest BCUT2D eigenvalue weighted by Crippen LogP contribution is 2.27. The molecule has 0 aliphatic rings. The van der Waals surface area contributed by atoms with Gasteiger partial charge in [-0.25, -0.2) is 4.79 Å². The lowest BCUT2D eigenvalue weighted by molar-refractivity contribution is 0.0694. The van der Waals surface area contributed by atoms with Crippen molar-refractivity contribution in [3.05, 3.63) is 41.5 Å². The standard InChI is InChI=1S/C13H12O3/c1-2-8-4-3-5-9-6-12(14)11(13(15)16)7-10(8)9/h3-7,14H,2H2,1H3,(H,15,16). The lowest BCUT2D eigenvalue weighted by Gasteiger charge is -2.07. The highest BCUT2D eigenvalue weighted by Gasteiger charge is 2.11. The minimum absolute atomic E-state index is 0.0478. The maximum Gasteiger partial charge on any atom is 0.339 e. The molecule has 16 heavy (non-hydrogen) atoms. The maximum atomic E-state index is 10.9. The second-order valence-corrected chi connectivity index (χ2v) is 3.67. The molecule has 2 N–H and O–H groups in total. The molecule has 3 nitrogen and oxygen atoms in total. The Bertz CT molecular complexity index is 558. The summed E-state index contributed by atoms with van der Waals surface area (Å²) in [7, 11) is 0. The third-order valence-electron chi connectivity index (χ3n) is 2.70. The Hall–Kier alpha value is -2.03. The monoisotopic (exact) mass is 216 g/mol. The minimum Gasteiger partial charge on any atom is -0.507 e. The average Bonchev–Trinajstić information content (AvgIpc) is 2.26. The summed E-state index contributed by atoms with van der Waals surface area (Å²) < 4.78 is 0. The summed E-state index contributed by atoms with van der Waals surface area (Å²) in [4.78, 5) is 10.9. The fourth-order valence-corrected chi connectivity index (χ4v) is 1.86. The molecule has 0 bridgehead atoms. The third-order valence-corrected chi connectivity index (χ3v) is 2.70. The summed E-state index contributed by atoms with van der Waals surface area (Å²) in [6, 6.07) is 8.76. The molecule has 0 spiro atoms. The number of aromatic hydroxyl groups is 1. The topological polar surface area (TPSA) is 57.5 Å². The highest BCUT2D eigenvalue weighted by atomic mass is 16.4. The van der Waals surface area contributed by atoms with E-state index in [0.717, 1.165) is 22.8 Å². The molecule has 0 aliphatic heterocycles. The van der Waals surface area contributed by atoms with Crippen molar-refractivity contribution in [2.45, 2.75) is 13.3 Å². The number of hydrogen-bond acceptors (Lipinski definition) is 2. The number of hydrogen-bond donors (Lipinski definition) is 2. The van der Waals surface area contributed by atoms with Gasteiger partial charge in [0.2, 0.25) is 0 Å². The maximum absolute atomic E-state index is 10.9. The normalized spacial score (nSPS) is 10.6. The molecule has 0 aromatic heterocycles. The van der Waals surface area contributed by atoms with Crippen LogP contribution >= 0.6 is 0 Å². The van der Waals surface area contributed by atoms with Gasteiger partial charge in [0.15, 0.2) is 0 Å². The number of aromatic carboxylic acids is 1. The van der Waals surface area contributed by atoms with Gasteiger partial charge in [0, 0.05) is 0 Å². The van der Waals surface area contributed by atoms with Gasteiger partial charge in [-0.3, -0.25) is 0 Å². The van der Waals surface area contributed by atoms with Crippen LogP contribution in [0.3, 0.4) is 0 Å².